The minimum Gasteiger partial charge on any atom is -0.344 e. The van der Waals surface area contributed by atoms with Crippen molar-refractivity contribution in [1.29, 1.82) is 0 Å². The second kappa shape index (κ2) is 5.58. The zero-order valence-electron chi connectivity index (χ0n) is 11.4. The summed E-state index contributed by atoms with van der Waals surface area (Å²) < 4.78 is 0. The summed E-state index contributed by atoms with van der Waals surface area (Å²) in [6.45, 7) is 1.93. The van der Waals surface area contributed by atoms with Crippen LogP contribution < -0.4 is 5.32 Å². The molecule has 1 heterocycles. The smallest absolute Gasteiger partial charge is 0.272 e. The average molecular weight is 300 g/mol. The highest BCUT2D eigenvalue weighted by Gasteiger charge is 2.16. The van der Waals surface area contributed by atoms with Crippen LogP contribution in [0, 0.1) is 0 Å². The molecule has 5 heteroatoms. The Morgan fingerprint density at radius 3 is 2.67 bits per heavy atom. The molecule has 2 N–H and O–H groups in total. The Morgan fingerprint density at radius 1 is 1.19 bits per heavy atom. The van der Waals surface area contributed by atoms with E-state index < -0.39 is 0 Å². The molecule has 0 spiro atoms. The molecule has 0 radical (unpaired) electrons. The summed E-state index contributed by atoms with van der Waals surface area (Å²) >= 11 is 5.87. The summed E-state index contributed by atoms with van der Waals surface area (Å²) in [6.07, 6.45) is 0. The molecule has 1 aromatic heterocycles. The SMILES string of the molecule is CC(NC(=O)c1n[nH]c2ccccc12)c1ccc(Cl)cc1. The van der Waals surface area contributed by atoms with Crippen LogP contribution in [0.2, 0.25) is 5.02 Å². The first kappa shape index (κ1) is 13.6. The summed E-state index contributed by atoms with van der Waals surface area (Å²) in [5.74, 6) is -0.199. The molecule has 0 bridgehead atoms. The highest BCUT2D eigenvalue weighted by Crippen LogP contribution is 2.18. The zero-order valence-corrected chi connectivity index (χ0v) is 12.2. The topological polar surface area (TPSA) is 57.8 Å². The van der Waals surface area contributed by atoms with Gasteiger partial charge in [-0.25, -0.2) is 0 Å². The van der Waals surface area contributed by atoms with Gasteiger partial charge in [0.25, 0.3) is 5.91 Å². The molecule has 0 aliphatic rings. The van der Waals surface area contributed by atoms with Gasteiger partial charge in [-0.05, 0) is 30.7 Å². The standard InChI is InChI=1S/C16H14ClN3O/c1-10(11-6-8-12(17)9-7-11)18-16(21)15-13-4-2-3-5-14(13)19-20-15/h2-10H,1H3,(H,18,21)(H,19,20). The molecular formula is C16H14ClN3O. The number of hydrogen-bond acceptors (Lipinski definition) is 2. The third-order valence-corrected chi connectivity index (χ3v) is 3.66. The van der Waals surface area contributed by atoms with E-state index in [0.717, 1.165) is 16.5 Å². The number of carbonyl (C=O) groups is 1. The number of carbonyl (C=O) groups excluding carboxylic acids is 1. The van der Waals surface area contributed by atoms with Crippen LogP contribution in [0.15, 0.2) is 48.5 Å². The first-order valence-corrected chi connectivity index (χ1v) is 7.02. The van der Waals surface area contributed by atoms with E-state index in [9.17, 15) is 4.79 Å². The number of para-hydroxylation sites is 1. The zero-order chi connectivity index (χ0) is 14.8. The maximum atomic E-state index is 12.4. The first-order chi connectivity index (χ1) is 10.1. The summed E-state index contributed by atoms with van der Waals surface area (Å²) in [6, 6.07) is 14.8. The van der Waals surface area contributed by atoms with Crippen molar-refractivity contribution in [3.63, 3.8) is 0 Å². The van der Waals surface area contributed by atoms with Crippen molar-refractivity contribution >= 4 is 28.4 Å². The fraction of sp³-hybridized carbons (Fsp3) is 0.125. The third kappa shape index (κ3) is 2.76. The normalized spacial score (nSPS) is 12.3. The summed E-state index contributed by atoms with van der Waals surface area (Å²) in [5.41, 5.74) is 2.25. The lowest BCUT2D eigenvalue weighted by Gasteiger charge is -2.13. The van der Waals surface area contributed by atoms with Gasteiger partial charge in [-0.3, -0.25) is 9.89 Å². The highest BCUT2D eigenvalue weighted by atomic mass is 35.5. The van der Waals surface area contributed by atoms with E-state index in [0.29, 0.717) is 10.7 Å². The number of halogens is 1. The molecule has 0 aliphatic heterocycles. The molecule has 2 aromatic carbocycles. The molecule has 4 nitrogen and oxygen atoms in total. The van der Waals surface area contributed by atoms with Gasteiger partial charge in [0.15, 0.2) is 5.69 Å². The molecule has 1 amide bonds. The second-order valence-electron chi connectivity index (χ2n) is 4.86. The predicted molar refractivity (Wildman–Crippen MR) is 83.4 cm³/mol. The van der Waals surface area contributed by atoms with Crippen LogP contribution in [0.1, 0.15) is 29.0 Å². The number of benzene rings is 2. The number of nitrogens with zero attached hydrogens (tertiary/aromatic N) is 1. The molecule has 106 valence electrons. The average Bonchev–Trinajstić information content (AvgIpc) is 2.92. The van der Waals surface area contributed by atoms with Crippen LogP contribution in [-0.2, 0) is 0 Å². The molecule has 0 saturated carbocycles. The molecule has 3 rings (SSSR count). The van der Waals surface area contributed by atoms with Crippen molar-refractivity contribution in [2.45, 2.75) is 13.0 Å². The monoisotopic (exact) mass is 299 g/mol. The second-order valence-corrected chi connectivity index (χ2v) is 5.30. The summed E-state index contributed by atoms with van der Waals surface area (Å²) in [5, 5.41) is 11.4. The van der Waals surface area contributed by atoms with E-state index in [1.807, 2.05) is 55.5 Å². The lowest BCUT2D eigenvalue weighted by Crippen LogP contribution is -2.27. The Labute approximate surface area is 127 Å². The van der Waals surface area contributed by atoms with Crippen LogP contribution >= 0.6 is 11.6 Å². The maximum absolute atomic E-state index is 12.4. The van der Waals surface area contributed by atoms with E-state index in [-0.39, 0.29) is 11.9 Å². The molecule has 0 aliphatic carbocycles. The summed E-state index contributed by atoms with van der Waals surface area (Å²) in [7, 11) is 0. The number of aromatic amines is 1. The van der Waals surface area contributed by atoms with Gasteiger partial charge >= 0.3 is 0 Å². The van der Waals surface area contributed by atoms with Crippen LogP contribution in [0.25, 0.3) is 10.9 Å². The number of fused-ring (bicyclic) bond motifs is 1. The fourth-order valence-electron chi connectivity index (χ4n) is 2.24. The molecule has 1 atom stereocenters. The Hall–Kier alpha value is -2.33. The van der Waals surface area contributed by atoms with Crippen LogP contribution in [0.5, 0.6) is 0 Å². The van der Waals surface area contributed by atoms with Crippen molar-refractivity contribution in [3.05, 3.63) is 64.8 Å². The number of nitrogens with one attached hydrogen (secondary N) is 2. The van der Waals surface area contributed by atoms with Gasteiger partial charge < -0.3 is 5.32 Å². The first-order valence-electron chi connectivity index (χ1n) is 6.64. The van der Waals surface area contributed by atoms with Crippen molar-refractivity contribution in [3.8, 4) is 0 Å². The van der Waals surface area contributed by atoms with E-state index in [2.05, 4.69) is 15.5 Å². The predicted octanol–water partition coefficient (Wildman–Crippen LogP) is 3.71. The van der Waals surface area contributed by atoms with E-state index in [4.69, 9.17) is 11.6 Å². The molecule has 3 aromatic rings. The Bertz CT molecular complexity index is 780. The molecule has 0 saturated heterocycles. The lowest BCUT2D eigenvalue weighted by molar-refractivity contribution is 0.0936. The number of aromatic nitrogens is 2. The van der Waals surface area contributed by atoms with Gasteiger partial charge in [0, 0.05) is 10.4 Å². The van der Waals surface area contributed by atoms with Gasteiger partial charge in [-0.2, -0.15) is 5.10 Å². The Morgan fingerprint density at radius 2 is 1.90 bits per heavy atom. The van der Waals surface area contributed by atoms with Gasteiger partial charge in [0.1, 0.15) is 0 Å². The van der Waals surface area contributed by atoms with E-state index in [1.54, 1.807) is 0 Å². The molecule has 0 fully saturated rings. The van der Waals surface area contributed by atoms with Gasteiger partial charge in [0.05, 0.1) is 11.6 Å². The molecular weight excluding hydrogens is 286 g/mol. The number of rotatable bonds is 3. The minimum atomic E-state index is -0.199. The Kier molecular flexibility index (Phi) is 3.62. The Balaban J connectivity index is 1.81. The lowest BCUT2D eigenvalue weighted by atomic mass is 10.1. The van der Waals surface area contributed by atoms with Gasteiger partial charge in [0.2, 0.25) is 0 Å². The van der Waals surface area contributed by atoms with Gasteiger partial charge in [-0.1, -0.05) is 41.9 Å². The molecule has 21 heavy (non-hydrogen) atoms. The third-order valence-electron chi connectivity index (χ3n) is 3.40. The van der Waals surface area contributed by atoms with E-state index >= 15 is 0 Å². The number of H-pyrrole nitrogens is 1. The van der Waals surface area contributed by atoms with Crippen LogP contribution in [0.4, 0.5) is 0 Å². The van der Waals surface area contributed by atoms with Crippen molar-refractivity contribution in [2.24, 2.45) is 0 Å². The quantitative estimate of drug-likeness (QED) is 0.774. The highest BCUT2D eigenvalue weighted by molar-refractivity contribution is 6.30. The van der Waals surface area contributed by atoms with Crippen molar-refractivity contribution < 1.29 is 4.79 Å². The maximum Gasteiger partial charge on any atom is 0.272 e. The largest absolute Gasteiger partial charge is 0.344 e. The van der Waals surface area contributed by atoms with Gasteiger partial charge in [-0.15, -0.1) is 0 Å². The number of amides is 1. The van der Waals surface area contributed by atoms with Crippen molar-refractivity contribution in [2.75, 3.05) is 0 Å². The molecule has 1 unspecified atom stereocenters. The van der Waals surface area contributed by atoms with E-state index in [1.165, 1.54) is 0 Å². The van der Waals surface area contributed by atoms with Crippen molar-refractivity contribution in [1.82, 2.24) is 15.5 Å². The number of hydrogen-bond donors (Lipinski definition) is 2. The van der Waals surface area contributed by atoms with Crippen LogP contribution in [-0.4, -0.2) is 16.1 Å². The fourth-order valence-corrected chi connectivity index (χ4v) is 2.36. The minimum absolute atomic E-state index is 0.120. The summed E-state index contributed by atoms with van der Waals surface area (Å²) in [4.78, 5) is 12.4. The van der Waals surface area contributed by atoms with Crippen LogP contribution in [0.3, 0.4) is 0 Å².